The van der Waals surface area contributed by atoms with Gasteiger partial charge in [0.05, 0.1) is 6.04 Å². The van der Waals surface area contributed by atoms with Crippen LogP contribution in [0.15, 0.2) is 0 Å². The molecule has 0 aromatic carbocycles. The van der Waals surface area contributed by atoms with Gasteiger partial charge in [-0.3, -0.25) is 9.59 Å². The van der Waals surface area contributed by atoms with Crippen LogP contribution in [-0.2, 0) is 14.4 Å². The molecule has 0 aromatic heterocycles. The Morgan fingerprint density at radius 3 is 2.58 bits per heavy atom. The molecule has 1 fully saturated rings. The molecule has 3 atom stereocenters. The van der Waals surface area contributed by atoms with Crippen molar-refractivity contribution in [2.75, 3.05) is 12.3 Å². The molecule has 1 aliphatic heterocycles. The van der Waals surface area contributed by atoms with Crippen LogP contribution in [0.1, 0.15) is 26.7 Å². The topological polar surface area (TPSA) is 101 Å². The van der Waals surface area contributed by atoms with Crippen molar-refractivity contribution in [3.8, 4) is 0 Å². The van der Waals surface area contributed by atoms with Gasteiger partial charge in [-0.15, -0.1) is 0 Å². The van der Waals surface area contributed by atoms with E-state index in [9.17, 15) is 14.4 Å². The quantitative estimate of drug-likeness (QED) is 0.755. The van der Waals surface area contributed by atoms with Gasteiger partial charge < -0.3 is 15.7 Å². The number of carboxylic acid groups (broad SMARTS) is 1. The number of hydrogen-bond acceptors (Lipinski definition) is 5. The lowest BCUT2D eigenvalue weighted by molar-refractivity contribution is -0.149. The van der Waals surface area contributed by atoms with Crippen LogP contribution in [-0.4, -0.2) is 51.4 Å². The second-order valence-corrected chi connectivity index (χ2v) is 5.87. The molecule has 0 spiro atoms. The van der Waals surface area contributed by atoms with Crippen LogP contribution >= 0.6 is 11.8 Å². The summed E-state index contributed by atoms with van der Waals surface area (Å²) in [7, 11) is 0. The lowest BCUT2D eigenvalue weighted by atomic mass is 10.1. The van der Waals surface area contributed by atoms with Gasteiger partial charge >= 0.3 is 5.97 Å². The van der Waals surface area contributed by atoms with Crippen LogP contribution in [0.3, 0.4) is 0 Å². The molecule has 3 N–H and O–H groups in total. The Balaban J connectivity index is 2.52. The van der Waals surface area contributed by atoms with Gasteiger partial charge in [0.25, 0.3) is 0 Å². The fourth-order valence-electron chi connectivity index (χ4n) is 1.98. The molecule has 0 saturated carbocycles. The standard InChI is InChI=1S/C12H20N2O4S/c1-7(6-19-12(18)8(2)13)10(15)14-5-3-4-9(14)11(16)17/h7-9H,3-6,13H2,1-2H3,(H,16,17)/t7?,8-,9-/m0/s1. The molecule has 0 aliphatic carbocycles. The van der Waals surface area contributed by atoms with Crippen molar-refractivity contribution in [2.45, 2.75) is 38.8 Å². The number of amides is 1. The number of thioether (sulfide) groups is 1. The molecular formula is C12H20N2O4S. The van der Waals surface area contributed by atoms with Crippen LogP contribution < -0.4 is 5.73 Å². The minimum Gasteiger partial charge on any atom is -0.480 e. The Bertz CT molecular complexity index is 373. The number of likely N-dealkylation sites (tertiary alicyclic amines) is 1. The Morgan fingerprint density at radius 1 is 1.42 bits per heavy atom. The maximum atomic E-state index is 12.1. The van der Waals surface area contributed by atoms with Gasteiger partial charge in [0.1, 0.15) is 6.04 Å². The molecule has 1 amide bonds. The first-order valence-corrected chi connectivity index (χ1v) is 7.28. The van der Waals surface area contributed by atoms with Gasteiger partial charge in [-0.05, 0) is 19.8 Å². The molecule has 1 saturated heterocycles. The van der Waals surface area contributed by atoms with E-state index >= 15 is 0 Å². The first-order valence-electron chi connectivity index (χ1n) is 6.30. The number of aliphatic carboxylic acids is 1. The maximum Gasteiger partial charge on any atom is 0.326 e. The number of nitrogens with two attached hydrogens (primary N) is 1. The van der Waals surface area contributed by atoms with E-state index in [2.05, 4.69) is 0 Å². The van der Waals surface area contributed by atoms with Crippen LogP contribution in [0.2, 0.25) is 0 Å². The van der Waals surface area contributed by atoms with E-state index in [1.165, 1.54) is 4.90 Å². The van der Waals surface area contributed by atoms with Gasteiger partial charge in [-0.2, -0.15) is 0 Å². The third kappa shape index (κ3) is 4.21. The monoisotopic (exact) mass is 288 g/mol. The fraction of sp³-hybridized carbons (Fsp3) is 0.750. The second kappa shape index (κ2) is 6.91. The predicted octanol–water partition coefficient (Wildman–Crippen LogP) is 0.305. The predicted molar refractivity (Wildman–Crippen MR) is 72.6 cm³/mol. The van der Waals surface area contributed by atoms with Gasteiger partial charge in [0, 0.05) is 18.2 Å². The third-order valence-corrected chi connectivity index (χ3v) is 4.41. The van der Waals surface area contributed by atoms with Crippen LogP contribution in [0.4, 0.5) is 0 Å². The van der Waals surface area contributed by atoms with Gasteiger partial charge in [0.2, 0.25) is 11.0 Å². The molecule has 7 heteroatoms. The molecule has 1 heterocycles. The summed E-state index contributed by atoms with van der Waals surface area (Å²) in [5.41, 5.74) is 5.44. The van der Waals surface area contributed by atoms with Crippen molar-refractivity contribution < 1.29 is 19.5 Å². The fourth-order valence-corrected chi connectivity index (χ4v) is 2.80. The van der Waals surface area contributed by atoms with Crippen molar-refractivity contribution in [1.29, 1.82) is 0 Å². The SMILES string of the molecule is CC(CSC(=O)[C@H](C)N)C(=O)N1CCC[C@H]1C(=O)O. The number of carbonyl (C=O) groups excluding carboxylic acids is 2. The van der Waals surface area contributed by atoms with E-state index in [1.54, 1.807) is 13.8 Å². The van der Waals surface area contributed by atoms with Crippen LogP contribution in [0, 0.1) is 5.92 Å². The van der Waals surface area contributed by atoms with Crippen molar-refractivity contribution in [3.63, 3.8) is 0 Å². The first kappa shape index (κ1) is 16.0. The van der Waals surface area contributed by atoms with Crippen molar-refractivity contribution in [1.82, 2.24) is 4.90 Å². The van der Waals surface area contributed by atoms with Gasteiger partial charge in [-0.25, -0.2) is 4.79 Å². The molecular weight excluding hydrogens is 268 g/mol. The first-order chi connectivity index (χ1) is 8.84. The smallest absolute Gasteiger partial charge is 0.326 e. The second-order valence-electron chi connectivity index (χ2n) is 4.85. The molecule has 1 unspecified atom stereocenters. The summed E-state index contributed by atoms with van der Waals surface area (Å²) in [6.07, 6.45) is 1.21. The number of carboxylic acids is 1. The number of hydrogen-bond donors (Lipinski definition) is 2. The largest absolute Gasteiger partial charge is 0.480 e. The number of rotatable bonds is 5. The third-order valence-electron chi connectivity index (χ3n) is 3.09. The zero-order valence-corrected chi connectivity index (χ0v) is 12.0. The molecule has 108 valence electrons. The minimum absolute atomic E-state index is 0.157. The highest BCUT2D eigenvalue weighted by Gasteiger charge is 2.35. The molecule has 1 aliphatic rings. The highest BCUT2D eigenvalue weighted by Crippen LogP contribution is 2.22. The Morgan fingerprint density at radius 2 is 2.05 bits per heavy atom. The lowest BCUT2D eigenvalue weighted by Gasteiger charge is -2.24. The Kier molecular flexibility index (Phi) is 5.81. The summed E-state index contributed by atoms with van der Waals surface area (Å²) in [5, 5.41) is 8.88. The maximum absolute atomic E-state index is 12.1. The highest BCUT2D eigenvalue weighted by atomic mass is 32.2. The van der Waals surface area contributed by atoms with Crippen LogP contribution in [0.5, 0.6) is 0 Å². The normalized spacial score (nSPS) is 22.1. The van der Waals surface area contributed by atoms with Crippen LogP contribution in [0.25, 0.3) is 0 Å². The molecule has 19 heavy (non-hydrogen) atoms. The lowest BCUT2D eigenvalue weighted by Crippen LogP contribution is -2.43. The molecule has 0 bridgehead atoms. The number of nitrogens with zero attached hydrogens (tertiary/aromatic N) is 1. The van der Waals surface area contributed by atoms with Crippen molar-refractivity contribution >= 4 is 28.8 Å². The Hall–Kier alpha value is -1.08. The minimum atomic E-state index is -0.961. The highest BCUT2D eigenvalue weighted by molar-refractivity contribution is 8.13. The van der Waals surface area contributed by atoms with E-state index < -0.39 is 18.1 Å². The molecule has 6 nitrogen and oxygen atoms in total. The zero-order chi connectivity index (χ0) is 14.6. The van der Waals surface area contributed by atoms with Crippen molar-refractivity contribution in [2.24, 2.45) is 11.7 Å². The van der Waals surface area contributed by atoms with E-state index in [1.807, 2.05) is 0 Å². The van der Waals surface area contributed by atoms with E-state index in [4.69, 9.17) is 10.8 Å². The van der Waals surface area contributed by atoms with E-state index in [0.717, 1.165) is 11.8 Å². The van der Waals surface area contributed by atoms with E-state index in [0.29, 0.717) is 25.1 Å². The summed E-state index contributed by atoms with van der Waals surface area (Å²) >= 11 is 1.03. The average molecular weight is 288 g/mol. The summed E-state index contributed by atoms with van der Waals surface area (Å²) < 4.78 is 0. The average Bonchev–Trinajstić information content (AvgIpc) is 2.83. The summed E-state index contributed by atoms with van der Waals surface area (Å²) in [4.78, 5) is 36.0. The molecule has 0 radical (unpaired) electrons. The van der Waals surface area contributed by atoms with Gasteiger partial charge in [-0.1, -0.05) is 18.7 Å². The summed E-state index contributed by atoms with van der Waals surface area (Å²) in [5.74, 6) is -1.21. The van der Waals surface area contributed by atoms with Crippen molar-refractivity contribution in [3.05, 3.63) is 0 Å². The molecule has 1 rings (SSSR count). The summed E-state index contributed by atoms with van der Waals surface area (Å²) in [6, 6.07) is -1.27. The van der Waals surface area contributed by atoms with Gasteiger partial charge in [0.15, 0.2) is 0 Å². The zero-order valence-electron chi connectivity index (χ0n) is 11.2. The number of carbonyl (C=O) groups is 3. The Labute approximate surface area is 116 Å². The summed E-state index contributed by atoms with van der Waals surface area (Å²) in [6.45, 7) is 3.79. The van der Waals surface area contributed by atoms with E-state index in [-0.39, 0.29) is 16.9 Å². The molecule has 0 aromatic rings.